The molecule has 6 rings (SSSR count). The fourth-order valence-electron chi connectivity index (χ4n) is 5.33. The molecule has 0 bridgehead atoms. The predicted octanol–water partition coefficient (Wildman–Crippen LogP) is 4.56. The number of amides is 1. The van der Waals surface area contributed by atoms with Gasteiger partial charge < -0.3 is 9.88 Å². The van der Waals surface area contributed by atoms with Crippen LogP contribution in [0.15, 0.2) is 42.9 Å². The fraction of sp³-hybridized carbons (Fsp3) is 0.333. The molecule has 1 amide bonds. The van der Waals surface area contributed by atoms with Crippen LogP contribution in [0.4, 0.5) is 24.8 Å². The Morgan fingerprint density at radius 3 is 2.62 bits per heavy atom. The molecule has 1 saturated carbocycles. The molecule has 1 N–H and O–H groups in total. The van der Waals surface area contributed by atoms with E-state index in [1.165, 1.54) is 17.0 Å². The van der Waals surface area contributed by atoms with Crippen molar-refractivity contribution in [3.8, 4) is 28.7 Å². The Morgan fingerprint density at radius 2 is 1.98 bits per heavy atom. The Kier molecular flexibility index (Phi) is 5.86. The van der Waals surface area contributed by atoms with E-state index in [4.69, 9.17) is 0 Å². The van der Waals surface area contributed by atoms with Gasteiger partial charge in [0.05, 0.1) is 41.0 Å². The van der Waals surface area contributed by atoms with E-state index in [0.717, 1.165) is 25.3 Å². The van der Waals surface area contributed by atoms with E-state index in [2.05, 4.69) is 31.7 Å². The Labute approximate surface area is 227 Å². The van der Waals surface area contributed by atoms with Crippen molar-refractivity contribution >= 4 is 17.5 Å². The SMILES string of the molecule is Cn1cnnc1-c1cnn(C)c1-c1cc(NCC2(C#N)CCC2)nc(N2Cc3c(cccc3C(F)(F)F)C2=O)c1. The lowest BCUT2D eigenvalue weighted by Gasteiger charge is -2.35. The van der Waals surface area contributed by atoms with Crippen LogP contribution < -0.4 is 10.2 Å². The average molecular weight is 548 g/mol. The summed E-state index contributed by atoms with van der Waals surface area (Å²) >= 11 is 0. The summed E-state index contributed by atoms with van der Waals surface area (Å²) in [6, 6.07) is 9.44. The van der Waals surface area contributed by atoms with E-state index in [9.17, 15) is 23.2 Å². The smallest absolute Gasteiger partial charge is 0.368 e. The van der Waals surface area contributed by atoms with Gasteiger partial charge in [0, 0.05) is 31.8 Å². The van der Waals surface area contributed by atoms with Crippen molar-refractivity contribution in [1.29, 1.82) is 5.26 Å². The number of nitrogens with one attached hydrogen (secondary N) is 1. The second-order valence-electron chi connectivity index (χ2n) is 10.2. The second kappa shape index (κ2) is 9.18. The van der Waals surface area contributed by atoms with Gasteiger partial charge in [0.1, 0.15) is 18.0 Å². The number of aryl methyl sites for hydroxylation is 2. The van der Waals surface area contributed by atoms with Crippen LogP contribution in [0.1, 0.15) is 40.7 Å². The van der Waals surface area contributed by atoms with Gasteiger partial charge in [-0.3, -0.25) is 14.4 Å². The lowest BCUT2D eigenvalue weighted by atomic mass is 9.70. The average Bonchev–Trinajstić information content (AvgIpc) is 3.59. The zero-order valence-corrected chi connectivity index (χ0v) is 21.7. The summed E-state index contributed by atoms with van der Waals surface area (Å²) in [5.74, 6) is 0.564. The minimum Gasteiger partial charge on any atom is -0.368 e. The Bertz CT molecular complexity index is 1680. The first-order chi connectivity index (χ1) is 19.1. The molecule has 13 heteroatoms. The number of fused-ring (bicyclic) bond motifs is 1. The van der Waals surface area contributed by atoms with Gasteiger partial charge in [-0.2, -0.15) is 23.5 Å². The number of benzene rings is 1. The second-order valence-corrected chi connectivity index (χ2v) is 10.2. The molecule has 1 aromatic carbocycles. The van der Waals surface area contributed by atoms with Crippen LogP contribution in [0.5, 0.6) is 0 Å². The number of anilines is 2. The number of pyridine rings is 1. The van der Waals surface area contributed by atoms with Gasteiger partial charge in [-0.25, -0.2) is 4.98 Å². The van der Waals surface area contributed by atoms with Gasteiger partial charge in [0.25, 0.3) is 5.91 Å². The van der Waals surface area contributed by atoms with Gasteiger partial charge in [-0.15, -0.1) is 10.2 Å². The highest BCUT2D eigenvalue weighted by atomic mass is 19.4. The highest BCUT2D eigenvalue weighted by Gasteiger charge is 2.40. The lowest BCUT2D eigenvalue weighted by Crippen LogP contribution is -2.35. The number of hydrogen-bond acceptors (Lipinski definition) is 7. The molecule has 0 atom stereocenters. The molecule has 1 aliphatic carbocycles. The van der Waals surface area contributed by atoms with Gasteiger partial charge >= 0.3 is 6.18 Å². The predicted molar refractivity (Wildman–Crippen MR) is 139 cm³/mol. The Hall–Kier alpha value is -4.73. The number of carbonyl (C=O) groups excluding carboxylic acids is 1. The lowest BCUT2D eigenvalue weighted by molar-refractivity contribution is -0.138. The first-order valence-electron chi connectivity index (χ1n) is 12.7. The van der Waals surface area contributed by atoms with Crippen LogP contribution in [0.25, 0.3) is 22.6 Å². The summed E-state index contributed by atoms with van der Waals surface area (Å²) < 4.78 is 44.6. The first-order valence-corrected chi connectivity index (χ1v) is 12.7. The number of nitrogens with zero attached hydrogens (tertiary/aromatic N) is 8. The van der Waals surface area contributed by atoms with Gasteiger partial charge in [0.15, 0.2) is 5.82 Å². The molecule has 40 heavy (non-hydrogen) atoms. The van der Waals surface area contributed by atoms with Crippen molar-refractivity contribution < 1.29 is 18.0 Å². The van der Waals surface area contributed by atoms with Crippen LogP contribution in [-0.2, 0) is 26.8 Å². The third kappa shape index (κ3) is 4.16. The van der Waals surface area contributed by atoms with Crippen molar-refractivity contribution in [2.45, 2.75) is 32.0 Å². The number of hydrogen-bond donors (Lipinski definition) is 1. The first kappa shape index (κ1) is 25.5. The molecular weight excluding hydrogens is 523 g/mol. The third-order valence-electron chi connectivity index (χ3n) is 7.68. The quantitative estimate of drug-likeness (QED) is 0.376. The molecule has 1 aliphatic heterocycles. The largest absolute Gasteiger partial charge is 0.416 e. The van der Waals surface area contributed by atoms with E-state index < -0.39 is 23.1 Å². The summed E-state index contributed by atoms with van der Waals surface area (Å²) in [6.45, 7) is 0.0801. The van der Waals surface area contributed by atoms with Crippen LogP contribution in [0.3, 0.4) is 0 Å². The zero-order valence-electron chi connectivity index (χ0n) is 21.7. The van der Waals surface area contributed by atoms with E-state index in [0.29, 0.717) is 35.0 Å². The third-order valence-corrected chi connectivity index (χ3v) is 7.68. The molecule has 3 aromatic heterocycles. The maximum atomic E-state index is 13.8. The van der Waals surface area contributed by atoms with Gasteiger partial charge in [-0.05, 0) is 42.7 Å². The van der Waals surface area contributed by atoms with Gasteiger partial charge in [-0.1, -0.05) is 12.5 Å². The summed E-state index contributed by atoms with van der Waals surface area (Å²) in [6.07, 6.45) is 1.11. The highest BCUT2D eigenvalue weighted by Crippen LogP contribution is 2.42. The van der Waals surface area contributed by atoms with E-state index in [1.807, 2.05) is 0 Å². The van der Waals surface area contributed by atoms with Crippen LogP contribution in [0, 0.1) is 16.7 Å². The van der Waals surface area contributed by atoms with E-state index in [1.54, 1.807) is 48.0 Å². The van der Waals surface area contributed by atoms with Crippen LogP contribution >= 0.6 is 0 Å². The number of nitriles is 1. The minimum atomic E-state index is -4.60. The van der Waals surface area contributed by atoms with Crippen molar-refractivity contribution in [1.82, 2.24) is 29.5 Å². The maximum Gasteiger partial charge on any atom is 0.416 e. The molecule has 0 radical (unpaired) electrons. The molecule has 0 spiro atoms. The Morgan fingerprint density at radius 1 is 1.18 bits per heavy atom. The molecule has 2 aliphatic rings. The molecule has 1 fully saturated rings. The molecule has 4 aromatic rings. The molecule has 204 valence electrons. The molecule has 0 saturated heterocycles. The fourth-order valence-corrected chi connectivity index (χ4v) is 5.33. The number of aromatic nitrogens is 6. The minimum absolute atomic E-state index is 0.00487. The number of alkyl halides is 3. The van der Waals surface area contributed by atoms with Crippen molar-refractivity contribution in [3.05, 3.63) is 59.5 Å². The van der Waals surface area contributed by atoms with E-state index in [-0.39, 0.29) is 23.5 Å². The topological polar surface area (TPSA) is 118 Å². The normalized spacial score (nSPS) is 16.0. The summed E-state index contributed by atoms with van der Waals surface area (Å²) in [7, 11) is 3.56. The van der Waals surface area contributed by atoms with Crippen molar-refractivity contribution in [2.24, 2.45) is 19.5 Å². The standard InChI is InChI=1S/C27H24F3N9O/c1-37-15-33-36-24(37)18-11-34-38(2)23(18)16-9-21(32-14-26(13-31)7-4-8-26)35-22(10-16)39-12-19-17(25(39)40)5-3-6-20(19)27(28,29)30/h3,5-6,9-11,15H,4,7-8,12,14H2,1-2H3,(H,32,35). The number of halogens is 3. The molecular formula is C27H24F3N9O. The van der Waals surface area contributed by atoms with Crippen LogP contribution in [0.2, 0.25) is 0 Å². The van der Waals surface area contributed by atoms with Crippen LogP contribution in [-0.4, -0.2) is 42.0 Å². The highest BCUT2D eigenvalue weighted by molar-refractivity contribution is 6.10. The van der Waals surface area contributed by atoms with Crippen molar-refractivity contribution in [3.63, 3.8) is 0 Å². The molecule has 0 unspecified atom stereocenters. The Balaban J connectivity index is 1.45. The summed E-state index contributed by atoms with van der Waals surface area (Å²) in [5.41, 5.74) is 0.511. The summed E-state index contributed by atoms with van der Waals surface area (Å²) in [5, 5.41) is 25.5. The monoisotopic (exact) mass is 547 g/mol. The van der Waals surface area contributed by atoms with Crippen molar-refractivity contribution in [2.75, 3.05) is 16.8 Å². The maximum absolute atomic E-state index is 13.8. The molecule has 4 heterocycles. The number of carbonyl (C=O) groups is 1. The number of rotatable bonds is 6. The summed E-state index contributed by atoms with van der Waals surface area (Å²) in [4.78, 5) is 19.3. The zero-order chi connectivity index (χ0) is 28.2. The molecule has 10 nitrogen and oxygen atoms in total. The van der Waals surface area contributed by atoms with Gasteiger partial charge in [0.2, 0.25) is 0 Å². The van der Waals surface area contributed by atoms with E-state index >= 15 is 0 Å².